The number of aryl methyl sites for hydroxylation is 1. The summed E-state index contributed by atoms with van der Waals surface area (Å²) < 4.78 is 55.1. The molecule has 1 N–H and O–H groups in total. The van der Waals surface area contributed by atoms with Crippen LogP contribution in [0.2, 0.25) is 0 Å². The number of carbonyl (C=O) groups excluding carboxylic acids is 1. The van der Waals surface area contributed by atoms with E-state index in [4.69, 9.17) is 4.55 Å². The smallest absolute Gasteiger partial charge is 0.288 e. The zero-order valence-electron chi connectivity index (χ0n) is 8.22. The van der Waals surface area contributed by atoms with E-state index in [1.807, 2.05) is 0 Å². The molecule has 0 bridgehead atoms. The van der Waals surface area contributed by atoms with Gasteiger partial charge in [0.2, 0.25) is 0 Å². The predicted molar refractivity (Wildman–Crippen MR) is 50.9 cm³/mol. The number of hydrogen-bond acceptors (Lipinski definition) is 3. The van der Waals surface area contributed by atoms with Gasteiger partial charge >= 0.3 is 21.3 Å². The number of nitrogens with zero attached hydrogens (tertiary/aromatic N) is 1. The Morgan fingerprint density at radius 2 is 2.12 bits per heavy atom. The molecule has 0 fully saturated rings. The van der Waals surface area contributed by atoms with Crippen LogP contribution < -0.4 is 0 Å². The summed E-state index contributed by atoms with van der Waals surface area (Å²) in [5.74, 6) is -2.00. The highest BCUT2D eigenvalue weighted by Crippen LogP contribution is 2.23. The molecule has 0 saturated heterocycles. The maximum Gasteiger partial charge on any atom is 0.447 e. The first kappa shape index (κ1) is 12.8. The van der Waals surface area contributed by atoms with Gasteiger partial charge in [0.1, 0.15) is 0 Å². The maximum atomic E-state index is 12.9. The van der Waals surface area contributed by atoms with Gasteiger partial charge in [0.15, 0.2) is 0 Å². The van der Waals surface area contributed by atoms with Crippen molar-refractivity contribution in [3.05, 3.63) is 24.0 Å². The fraction of sp³-hybridized carbons (Fsp3) is 0.375. The molecule has 0 aliphatic heterocycles. The molecule has 8 heteroatoms. The van der Waals surface area contributed by atoms with Crippen molar-refractivity contribution in [1.82, 2.24) is 4.57 Å². The lowest BCUT2D eigenvalue weighted by molar-refractivity contribution is 0.0396. The summed E-state index contributed by atoms with van der Waals surface area (Å²) in [4.78, 5) is 11.1. The summed E-state index contributed by atoms with van der Waals surface area (Å²) in [6.45, 7) is 1.74. The Kier molecular flexibility index (Phi) is 3.15. The zero-order valence-corrected chi connectivity index (χ0v) is 9.04. The normalized spacial score (nSPS) is 12.8. The van der Waals surface area contributed by atoms with Crippen molar-refractivity contribution in [2.75, 3.05) is 0 Å². The lowest BCUT2D eigenvalue weighted by atomic mass is 10.3. The molecule has 0 radical (unpaired) electrons. The summed E-state index contributed by atoms with van der Waals surface area (Å²) in [5, 5.41) is -4.84. The molecule has 0 amide bonds. The Balaban J connectivity index is 3.12. The van der Waals surface area contributed by atoms with E-state index in [-0.39, 0.29) is 0 Å². The molecule has 0 aliphatic rings. The summed E-state index contributed by atoms with van der Waals surface area (Å²) in [5.41, 5.74) is 0.597. The quantitative estimate of drug-likeness (QED) is 0.820. The first-order valence-electron chi connectivity index (χ1n) is 4.26. The van der Waals surface area contributed by atoms with Gasteiger partial charge in [0.25, 0.3) is 0 Å². The first-order chi connectivity index (χ1) is 7.20. The van der Waals surface area contributed by atoms with E-state index >= 15 is 0 Å². The SMILES string of the molecule is CCc1ccn(C(=O)C(F)(F)S(=O)(=O)O)c1. The molecule has 0 aliphatic carbocycles. The van der Waals surface area contributed by atoms with Crippen LogP contribution in [0.1, 0.15) is 17.3 Å². The van der Waals surface area contributed by atoms with Crippen molar-refractivity contribution < 1.29 is 26.5 Å². The largest absolute Gasteiger partial charge is 0.447 e. The van der Waals surface area contributed by atoms with Crippen molar-refractivity contribution in [3.8, 4) is 0 Å². The van der Waals surface area contributed by atoms with E-state index in [0.29, 0.717) is 16.6 Å². The van der Waals surface area contributed by atoms with Crippen LogP contribution >= 0.6 is 0 Å². The van der Waals surface area contributed by atoms with Gasteiger partial charge in [-0.3, -0.25) is 13.9 Å². The van der Waals surface area contributed by atoms with Crippen molar-refractivity contribution in [1.29, 1.82) is 0 Å². The highest BCUT2D eigenvalue weighted by atomic mass is 32.2. The molecule has 16 heavy (non-hydrogen) atoms. The third-order valence-electron chi connectivity index (χ3n) is 1.97. The number of aromatic nitrogens is 1. The summed E-state index contributed by atoms with van der Waals surface area (Å²) in [7, 11) is -5.75. The van der Waals surface area contributed by atoms with Crippen LogP contribution in [0.15, 0.2) is 18.5 Å². The maximum absolute atomic E-state index is 12.9. The fourth-order valence-corrected chi connectivity index (χ4v) is 1.36. The molecule has 1 aromatic rings. The van der Waals surface area contributed by atoms with Gasteiger partial charge in [0.05, 0.1) is 0 Å². The highest BCUT2D eigenvalue weighted by molar-refractivity contribution is 7.87. The van der Waals surface area contributed by atoms with Gasteiger partial charge in [0, 0.05) is 12.4 Å². The van der Waals surface area contributed by atoms with Gasteiger partial charge in [-0.15, -0.1) is 0 Å². The van der Waals surface area contributed by atoms with Gasteiger partial charge in [-0.2, -0.15) is 17.2 Å². The van der Waals surface area contributed by atoms with Crippen LogP contribution in [-0.4, -0.2) is 28.7 Å². The fourth-order valence-electron chi connectivity index (χ4n) is 1.04. The topological polar surface area (TPSA) is 76.4 Å². The molecule has 5 nitrogen and oxygen atoms in total. The Hall–Kier alpha value is -1.28. The molecule has 0 aromatic carbocycles. The predicted octanol–water partition coefficient (Wildman–Crippen LogP) is 1.17. The van der Waals surface area contributed by atoms with Crippen LogP contribution in [0.4, 0.5) is 8.78 Å². The number of carbonyl (C=O) groups is 1. The third kappa shape index (κ3) is 2.12. The Morgan fingerprint density at radius 3 is 2.50 bits per heavy atom. The Morgan fingerprint density at radius 1 is 1.56 bits per heavy atom. The Bertz CT molecular complexity index is 506. The van der Waals surface area contributed by atoms with E-state index in [1.165, 1.54) is 6.07 Å². The van der Waals surface area contributed by atoms with Crippen LogP contribution in [0, 0.1) is 0 Å². The van der Waals surface area contributed by atoms with Gasteiger partial charge in [-0.25, -0.2) is 0 Å². The van der Waals surface area contributed by atoms with Gasteiger partial charge < -0.3 is 0 Å². The minimum atomic E-state index is -5.75. The van der Waals surface area contributed by atoms with Crippen molar-refractivity contribution in [3.63, 3.8) is 0 Å². The second-order valence-corrected chi connectivity index (χ2v) is 4.54. The average molecular weight is 253 g/mol. The van der Waals surface area contributed by atoms with Crippen LogP contribution in [0.3, 0.4) is 0 Å². The molecule has 1 rings (SSSR count). The second-order valence-electron chi connectivity index (χ2n) is 3.08. The van der Waals surface area contributed by atoms with E-state index in [9.17, 15) is 22.0 Å². The third-order valence-corrected chi connectivity index (χ3v) is 2.79. The number of alkyl halides is 2. The molecule has 90 valence electrons. The van der Waals surface area contributed by atoms with Gasteiger partial charge in [-0.05, 0) is 18.1 Å². The lowest BCUT2D eigenvalue weighted by Crippen LogP contribution is -2.40. The average Bonchev–Trinajstić information content (AvgIpc) is 2.62. The van der Waals surface area contributed by atoms with E-state index < -0.39 is 21.3 Å². The van der Waals surface area contributed by atoms with E-state index in [0.717, 1.165) is 12.4 Å². The molecule has 1 aromatic heterocycles. The van der Waals surface area contributed by atoms with Crippen LogP contribution in [0.5, 0.6) is 0 Å². The first-order valence-corrected chi connectivity index (χ1v) is 5.70. The van der Waals surface area contributed by atoms with E-state index in [1.54, 1.807) is 6.92 Å². The Labute approximate surface area is 90.4 Å². The number of hydrogen-bond donors (Lipinski definition) is 1. The van der Waals surface area contributed by atoms with Crippen LogP contribution in [0.25, 0.3) is 0 Å². The van der Waals surface area contributed by atoms with Gasteiger partial charge in [-0.1, -0.05) is 6.92 Å². The number of halogens is 2. The lowest BCUT2D eigenvalue weighted by Gasteiger charge is -2.11. The summed E-state index contributed by atoms with van der Waals surface area (Å²) in [6, 6.07) is 1.40. The molecule has 0 spiro atoms. The standard InChI is InChI=1S/C8H9F2NO4S/c1-2-6-3-4-11(5-6)7(12)8(9,10)16(13,14)15/h3-5H,2H2,1H3,(H,13,14,15). The van der Waals surface area contributed by atoms with Crippen molar-refractivity contribution in [2.24, 2.45) is 0 Å². The van der Waals surface area contributed by atoms with Crippen LogP contribution in [-0.2, 0) is 16.5 Å². The number of rotatable bonds is 3. The second kappa shape index (κ2) is 3.95. The molecule has 0 unspecified atom stereocenters. The van der Waals surface area contributed by atoms with E-state index in [2.05, 4.69) is 0 Å². The molecule has 0 saturated carbocycles. The summed E-state index contributed by atoms with van der Waals surface area (Å²) >= 11 is 0. The molecule has 1 heterocycles. The highest BCUT2D eigenvalue weighted by Gasteiger charge is 2.52. The zero-order chi connectivity index (χ0) is 12.6. The molecular formula is C8H9F2NO4S. The minimum Gasteiger partial charge on any atom is -0.288 e. The summed E-state index contributed by atoms with van der Waals surface area (Å²) in [6.07, 6.45) is 2.61. The van der Waals surface area contributed by atoms with Crippen molar-refractivity contribution in [2.45, 2.75) is 18.6 Å². The molecular weight excluding hydrogens is 244 g/mol. The minimum absolute atomic E-state index is 0.437. The molecule has 0 atom stereocenters. The monoisotopic (exact) mass is 253 g/mol. The van der Waals surface area contributed by atoms with Crippen molar-refractivity contribution >= 4 is 16.0 Å².